The van der Waals surface area contributed by atoms with Gasteiger partial charge in [0.2, 0.25) is 0 Å². The third-order valence-electron chi connectivity index (χ3n) is 3.21. The van der Waals surface area contributed by atoms with Crippen molar-refractivity contribution in [3.05, 3.63) is 21.9 Å². The van der Waals surface area contributed by atoms with Crippen molar-refractivity contribution in [1.82, 2.24) is 10.2 Å². The molecule has 1 aromatic rings. The van der Waals surface area contributed by atoms with E-state index < -0.39 is 0 Å². The number of rotatable bonds is 8. The fraction of sp³-hybridized carbons (Fsp3) is 0.714. The van der Waals surface area contributed by atoms with Gasteiger partial charge in [0.1, 0.15) is 0 Å². The number of hydrogen-bond donors (Lipinski definition) is 2. The van der Waals surface area contributed by atoms with Crippen LogP contribution in [0.5, 0.6) is 0 Å². The van der Waals surface area contributed by atoms with Crippen LogP contribution in [0, 0.1) is 6.92 Å². The SMILES string of the molecule is CCN(CC)CC(O)CNC(C)c1ccc(C)s1. The van der Waals surface area contributed by atoms with Gasteiger partial charge in [0.05, 0.1) is 6.10 Å². The second kappa shape index (κ2) is 7.89. The van der Waals surface area contributed by atoms with Crippen LogP contribution in [0.15, 0.2) is 12.1 Å². The first-order valence-corrected chi connectivity index (χ1v) is 7.58. The molecule has 2 atom stereocenters. The van der Waals surface area contributed by atoms with Crippen LogP contribution in [-0.2, 0) is 0 Å². The highest BCUT2D eigenvalue weighted by molar-refractivity contribution is 7.12. The minimum absolute atomic E-state index is 0.298. The summed E-state index contributed by atoms with van der Waals surface area (Å²) in [6, 6.07) is 4.62. The van der Waals surface area contributed by atoms with E-state index in [9.17, 15) is 5.11 Å². The van der Waals surface area contributed by atoms with Crippen molar-refractivity contribution in [3.8, 4) is 0 Å². The smallest absolute Gasteiger partial charge is 0.0791 e. The van der Waals surface area contributed by atoms with E-state index in [0.29, 0.717) is 12.6 Å². The summed E-state index contributed by atoms with van der Waals surface area (Å²) in [4.78, 5) is 4.91. The normalized spacial score (nSPS) is 15.0. The molecular weight excluding hydrogens is 244 g/mol. The highest BCUT2D eigenvalue weighted by atomic mass is 32.1. The quantitative estimate of drug-likeness (QED) is 0.761. The highest BCUT2D eigenvalue weighted by Crippen LogP contribution is 2.22. The molecule has 0 aliphatic carbocycles. The lowest BCUT2D eigenvalue weighted by atomic mass is 10.2. The molecule has 0 spiro atoms. The molecule has 2 N–H and O–H groups in total. The number of aliphatic hydroxyl groups is 1. The first kappa shape index (κ1) is 15.6. The molecule has 0 bridgehead atoms. The summed E-state index contributed by atoms with van der Waals surface area (Å²) >= 11 is 1.82. The second-order valence-electron chi connectivity index (χ2n) is 4.72. The fourth-order valence-corrected chi connectivity index (χ4v) is 2.85. The molecule has 1 heterocycles. The van der Waals surface area contributed by atoms with Gasteiger partial charge in [-0.05, 0) is 39.1 Å². The van der Waals surface area contributed by atoms with Crippen LogP contribution in [0.25, 0.3) is 0 Å². The standard InChI is InChI=1S/C14H26N2OS/c1-5-16(6-2)10-13(17)9-15-12(4)14-8-7-11(3)18-14/h7-8,12-13,15,17H,5-6,9-10H2,1-4H3. The highest BCUT2D eigenvalue weighted by Gasteiger charge is 2.12. The summed E-state index contributed by atoms with van der Waals surface area (Å²) < 4.78 is 0. The van der Waals surface area contributed by atoms with Gasteiger partial charge in [-0.1, -0.05) is 13.8 Å². The molecule has 4 heteroatoms. The summed E-state index contributed by atoms with van der Waals surface area (Å²) in [7, 11) is 0. The van der Waals surface area contributed by atoms with Gasteiger partial charge < -0.3 is 15.3 Å². The molecule has 0 fully saturated rings. The number of nitrogens with zero attached hydrogens (tertiary/aromatic N) is 1. The summed E-state index contributed by atoms with van der Waals surface area (Å²) in [6.45, 7) is 11.9. The van der Waals surface area contributed by atoms with Crippen LogP contribution in [0.4, 0.5) is 0 Å². The van der Waals surface area contributed by atoms with Crippen molar-refractivity contribution >= 4 is 11.3 Å². The number of likely N-dealkylation sites (N-methyl/N-ethyl adjacent to an activating group) is 1. The Morgan fingerprint density at radius 3 is 2.50 bits per heavy atom. The summed E-state index contributed by atoms with van der Waals surface area (Å²) in [5, 5.41) is 13.4. The van der Waals surface area contributed by atoms with E-state index in [0.717, 1.165) is 19.6 Å². The molecular formula is C14H26N2OS. The Morgan fingerprint density at radius 2 is 2.00 bits per heavy atom. The van der Waals surface area contributed by atoms with Crippen molar-refractivity contribution in [2.45, 2.75) is 39.8 Å². The molecule has 0 aromatic carbocycles. The molecule has 2 unspecified atom stereocenters. The maximum Gasteiger partial charge on any atom is 0.0791 e. The van der Waals surface area contributed by atoms with Crippen LogP contribution >= 0.6 is 11.3 Å². The first-order chi connectivity index (χ1) is 8.56. The predicted molar refractivity (Wildman–Crippen MR) is 79.3 cm³/mol. The Hall–Kier alpha value is -0.420. The Bertz CT molecular complexity index is 336. The van der Waals surface area contributed by atoms with Crippen LogP contribution in [0.2, 0.25) is 0 Å². The zero-order valence-electron chi connectivity index (χ0n) is 11.9. The van der Waals surface area contributed by atoms with E-state index in [1.165, 1.54) is 9.75 Å². The Labute approximate surface area is 115 Å². The Balaban J connectivity index is 2.31. The van der Waals surface area contributed by atoms with Crippen molar-refractivity contribution in [1.29, 1.82) is 0 Å². The minimum Gasteiger partial charge on any atom is -0.390 e. The third-order valence-corrected chi connectivity index (χ3v) is 4.39. The third kappa shape index (κ3) is 5.06. The van der Waals surface area contributed by atoms with Gasteiger partial charge in [-0.15, -0.1) is 11.3 Å². The maximum absolute atomic E-state index is 9.98. The molecule has 0 radical (unpaired) electrons. The topological polar surface area (TPSA) is 35.5 Å². The molecule has 0 saturated heterocycles. The van der Waals surface area contributed by atoms with Crippen molar-refractivity contribution in [3.63, 3.8) is 0 Å². The lowest BCUT2D eigenvalue weighted by Crippen LogP contribution is -2.38. The van der Waals surface area contributed by atoms with Crippen LogP contribution in [0.3, 0.4) is 0 Å². The van der Waals surface area contributed by atoms with E-state index in [2.05, 4.69) is 50.0 Å². The Morgan fingerprint density at radius 1 is 1.33 bits per heavy atom. The van der Waals surface area contributed by atoms with E-state index in [4.69, 9.17) is 0 Å². The predicted octanol–water partition coefficient (Wildman–Crippen LogP) is 2.41. The van der Waals surface area contributed by atoms with Crippen LogP contribution < -0.4 is 5.32 Å². The van der Waals surface area contributed by atoms with Crippen LogP contribution in [0.1, 0.15) is 36.6 Å². The van der Waals surface area contributed by atoms with Gasteiger partial charge in [0, 0.05) is 28.9 Å². The largest absolute Gasteiger partial charge is 0.390 e. The number of thiophene rings is 1. The number of aliphatic hydroxyl groups excluding tert-OH is 1. The molecule has 0 aliphatic rings. The first-order valence-electron chi connectivity index (χ1n) is 6.76. The lowest BCUT2D eigenvalue weighted by molar-refractivity contribution is 0.114. The van der Waals surface area contributed by atoms with Gasteiger partial charge in [-0.2, -0.15) is 0 Å². The number of nitrogens with one attached hydrogen (secondary N) is 1. The van der Waals surface area contributed by atoms with Gasteiger partial charge in [-0.3, -0.25) is 0 Å². The van der Waals surface area contributed by atoms with Gasteiger partial charge in [0.25, 0.3) is 0 Å². The second-order valence-corrected chi connectivity index (χ2v) is 6.04. The fourth-order valence-electron chi connectivity index (χ4n) is 1.94. The monoisotopic (exact) mass is 270 g/mol. The number of aryl methyl sites for hydroxylation is 1. The van der Waals surface area contributed by atoms with Crippen molar-refractivity contribution < 1.29 is 5.11 Å². The average Bonchev–Trinajstić information content (AvgIpc) is 2.79. The van der Waals surface area contributed by atoms with Gasteiger partial charge >= 0.3 is 0 Å². The molecule has 3 nitrogen and oxygen atoms in total. The lowest BCUT2D eigenvalue weighted by Gasteiger charge is -2.23. The van der Waals surface area contributed by atoms with E-state index in [1.807, 2.05) is 11.3 Å². The molecule has 0 aliphatic heterocycles. The maximum atomic E-state index is 9.98. The van der Waals surface area contributed by atoms with Crippen molar-refractivity contribution in [2.24, 2.45) is 0 Å². The van der Waals surface area contributed by atoms with Crippen LogP contribution in [-0.4, -0.2) is 42.3 Å². The summed E-state index contributed by atoms with van der Waals surface area (Å²) in [5.74, 6) is 0. The molecule has 18 heavy (non-hydrogen) atoms. The molecule has 0 saturated carbocycles. The van der Waals surface area contributed by atoms with Gasteiger partial charge in [0.15, 0.2) is 0 Å². The number of hydrogen-bond acceptors (Lipinski definition) is 4. The molecule has 0 amide bonds. The summed E-state index contributed by atoms with van der Waals surface area (Å²) in [6.07, 6.45) is -0.298. The summed E-state index contributed by atoms with van der Waals surface area (Å²) in [5.41, 5.74) is 0. The van der Waals surface area contributed by atoms with E-state index in [1.54, 1.807) is 0 Å². The zero-order chi connectivity index (χ0) is 13.5. The van der Waals surface area contributed by atoms with Gasteiger partial charge in [-0.25, -0.2) is 0 Å². The van der Waals surface area contributed by atoms with E-state index >= 15 is 0 Å². The molecule has 104 valence electrons. The minimum atomic E-state index is -0.298. The average molecular weight is 270 g/mol. The van der Waals surface area contributed by atoms with E-state index in [-0.39, 0.29) is 6.10 Å². The zero-order valence-corrected chi connectivity index (χ0v) is 12.8. The Kier molecular flexibility index (Phi) is 6.86. The van der Waals surface area contributed by atoms with Crippen molar-refractivity contribution in [2.75, 3.05) is 26.2 Å². The molecule has 1 aromatic heterocycles. The molecule has 1 rings (SSSR count).